The van der Waals surface area contributed by atoms with Crippen LogP contribution in [0.15, 0.2) is 0 Å². The van der Waals surface area contributed by atoms with Crippen LogP contribution in [0.5, 0.6) is 0 Å². The summed E-state index contributed by atoms with van der Waals surface area (Å²) in [4.78, 5) is 0. The van der Waals surface area contributed by atoms with E-state index in [-0.39, 0.29) is 0 Å². The minimum absolute atomic E-state index is 0.733. The van der Waals surface area contributed by atoms with E-state index in [1.807, 2.05) is 0 Å². The highest BCUT2D eigenvalue weighted by atomic mass is 35.5. The number of hydrogen-bond donors (Lipinski definition) is 1. The van der Waals surface area contributed by atoms with Crippen molar-refractivity contribution in [3.8, 4) is 0 Å². The van der Waals surface area contributed by atoms with E-state index in [1.165, 1.54) is 44.9 Å². The molecule has 0 radical (unpaired) electrons. The van der Waals surface area contributed by atoms with Gasteiger partial charge in [-0.1, -0.05) is 45.4 Å². The third-order valence-corrected chi connectivity index (χ3v) is 2.42. The Hall–Kier alpha value is 0.250. The van der Waals surface area contributed by atoms with Gasteiger partial charge in [0.15, 0.2) is 0 Å². The molecule has 0 spiro atoms. The monoisotopic (exact) mass is 205 g/mol. The Bertz CT molecular complexity index is 76.2. The number of halogens is 1. The van der Waals surface area contributed by atoms with Crippen molar-refractivity contribution in [2.75, 3.05) is 19.0 Å². The normalized spacial score (nSPS) is 10.6. The second kappa shape index (κ2) is 12.2. The summed E-state index contributed by atoms with van der Waals surface area (Å²) < 4.78 is 0. The van der Waals surface area contributed by atoms with Crippen LogP contribution in [0.2, 0.25) is 0 Å². The lowest BCUT2D eigenvalue weighted by Gasteiger charge is -2.02. The zero-order valence-electron chi connectivity index (χ0n) is 8.95. The maximum atomic E-state index is 5.54. The van der Waals surface area contributed by atoms with E-state index in [0.717, 1.165) is 19.0 Å². The summed E-state index contributed by atoms with van der Waals surface area (Å²) >= 11 is 5.54. The Morgan fingerprint density at radius 3 is 2.08 bits per heavy atom. The smallest absolute Gasteiger partial charge is 0.0348 e. The maximum Gasteiger partial charge on any atom is 0.0348 e. The summed E-state index contributed by atoms with van der Waals surface area (Å²) in [6, 6.07) is 0. The van der Waals surface area contributed by atoms with Crippen molar-refractivity contribution >= 4 is 11.6 Å². The lowest BCUT2D eigenvalue weighted by Crippen LogP contribution is -2.17. The van der Waals surface area contributed by atoms with Crippen LogP contribution in [0, 0.1) is 0 Å². The van der Waals surface area contributed by atoms with Gasteiger partial charge >= 0.3 is 0 Å². The van der Waals surface area contributed by atoms with Crippen molar-refractivity contribution < 1.29 is 0 Å². The highest BCUT2D eigenvalue weighted by Crippen LogP contribution is 2.05. The molecule has 0 fully saturated rings. The van der Waals surface area contributed by atoms with E-state index in [1.54, 1.807) is 0 Å². The Morgan fingerprint density at radius 2 is 1.46 bits per heavy atom. The van der Waals surface area contributed by atoms with E-state index in [0.29, 0.717) is 0 Å². The van der Waals surface area contributed by atoms with Crippen LogP contribution in [-0.4, -0.2) is 19.0 Å². The van der Waals surface area contributed by atoms with Crippen molar-refractivity contribution in [1.29, 1.82) is 0 Å². The molecule has 1 nitrogen and oxygen atoms in total. The van der Waals surface area contributed by atoms with Crippen LogP contribution in [-0.2, 0) is 0 Å². The van der Waals surface area contributed by atoms with Gasteiger partial charge in [0.1, 0.15) is 0 Å². The number of rotatable bonds is 10. The number of alkyl halides is 1. The van der Waals surface area contributed by atoms with Gasteiger partial charge in [0.25, 0.3) is 0 Å². The van der Waals surface area contributed by atoms with E-state index < -0.39 is 0 Å². The molecule has 1 N–H and O–H groups in total. The molecule has 0 unspecified atom stereocenters. The Kier molecular flexibility index (Phi) is 12.5. The molecule has 0 aromatic rings. The lowest BCUT2D eigenvalue weighted by atomic mass is 10.1. The van der Waals surface area contributed by atoms with Gasteiger partial charge in [-0.25, -0.2) is 0 Å². The van der Waals surface area contributed by atoms with Crippen LogP contribution in [0.3, 0.4) is 0 Å². The molecule has 0 aliphatic rings. The first-order valence-corrected chi connectivity index (χ1v) is 6.22. The molecule has 0 aromatic heterocycles. The first-order chi connectivity index (χ1) is 6.41. The predicted octanol–water partition coefficient (Wildman–Crippen LogP) is 3.57. The first-order valence-electron chi connectivity index (χ1n) is 5.68. The van der Waals surface area contributed by atoms with Crippen molar-refractivity contribution in [2.45, 2.75) is 51.9 Å². The molecule has 0 aromatic carbocycles. The van der Waals surface area contributed by atoms with E-state index in [9.17, 15) is 0 Å². The Balaban J connectivity index is 2.76. The van der Waals surface area contributed by atoms with Crippen molar-refractivity contribution in [1.82, 2.24) is 5.32 Å². The summed E-state index contributed by atoms with van der Waals surface area (Å²) in [6.07, 6.45) is 9.68. The molecular weight excluding hydrogens is 182 g/mol. The van der Waals surface area contributed by atoms with Gasteiger partial charge in [0, 0.05) is 12.4 Å². The van der Waals surface area contributed by atoms with Crippen molar-refractivity contribution in [3.63, 3.8) is 0 Å². The average Bonchev–Trinajstić information content (AvgIpc) is 2.16. The Morgan fingerprint density at radius 1 is 0.846 bits per heavy atom. The molecular formula is C11H24ClN. The van der Waals surface area contributed by atoms with E-state index >= 15 is 0 Å². The second-order valence-corrected chi connectivity index (χ2v) is 3.94. The van der Waals surface area contributed by atoms with E-state index in [2.05, 4.69) is 12.2 Å². The molecule has 80 valence electrons. The van der Waals surface area contributed by atoms with Crippen LogP contribution >= 0.6 is 11.6 Å². The van der Waals surface area contributed by atoms with E-state index in [4.69, 9.17) is 11.6 Å². The van der Waals surface area contributed by atoms with Crippen molar-refractivity contribution in [3.05, 3.63) is 0 Å². The number of unbranched alkanes of at least 4 members (excludes halogenated alkanes) is 6. The number of nitrogens with one attached hydrogen (secondary N) is 1. The first kappa shape index (κ1) is 13.2. The van der Waals surface area contributed by atoms with Gasteiger partial charge in [-0.15, -0.1) is 11.6 Å². The summed E-state index contributed by atoms with van der Waals surface area (Å²) in [6.45, 7) is 4.36. The topological polar surface area (TPSA) is 12.0 Å². The molecule has 0 saturated carbocycles. The number of hydrogen-bond acceptors (Lipinski definition) is 1. The van der Waals surface area contributed by atoms with Gasteiger partial charge < -0.3 is 5.32 Å². The zero-order valence-corrected chi connectivity index (χ0v) is 9.70. The summed E-state index contributed by atoms with van der Waals surface area (Å²) in [5.74, 6) is 0.733. The molecule has 0 heterocycles. The molecule has 0 aliphatic heterocycles. The molecule has 0 amide bonds. The standard InChI is InChI=1S/C11H24ClN/c1-2-3-4-5-6-7-8-10-13-11-9-12/h13H,2-11H2,1H3. The van der Waals surface area contributed by atoms with Crippen LogP contribution in [0.25, 0.3) is 0 Å². The molecule has 0 bridgehead atoms. The molecule has 0 atom stereocenters. The fraction of sp³-hybridized carbons (Fsp3) is 1.00. The largest absolute Gasteiger partial charge is 0.316 e. The molecule has 13 heavy (non-hydrogen) atoms. The SMILES string of the molecule is CCCCCCCCCNCCCl. The molecule has 0 aliphatic carbocycles. The summed E-state index contributed by atoms with van der Waals surface area (Å²) in [5, 5.41) is 3.31. The highest BCUT2D eigenvalue weighted by Gasteiger charge is 1.90. The molecule has 0 saturated heterocycles. The fourth-order valence-corrected chi connectivity index (χ4v) is 1.53. The summed E-state index contributed by atoms with van der Waals surface area (Å²) in [5.41, 5.74) is 0. The van der Waals surface area contributed by atoms with Crippen LogP contribution in [0.4, 0.5) is 0 Å². The fourth-order valence-electron chi connectivity index (χ4n) is 1.40. The predicted molar refractivity (Wildman–Crippen MR) is 61.6 cm³/mol. The minimum atomic E-state index is 0.733. The quantitative estimate of drug-likeness (QED) is 0.425. The second-order valence-electron chi connectivity index (χ2n) is 3.56. The Labute approximate surface area is 88.2 Å². The average molecular weight is 206 g/mol. The summed E-state index contributed by atoms with van der Waals surface area (Å²) in [7, 11) is 0. The molecule has 2 heteroatoms. The third kappa shape index (κ3) is 12.2. The van der Waals surface area contributed by atoms with Crippen molar-refractivity contribution in [2.24, 2.45) is 0 Å². The molecule has 0 rings (SSSR count). The zero-order chi connectivity index (χ0) is 9.78. The van der Waals surface area contributed by atoms with Gasteiger partial charge in [0.05, 0.1) is 0 Å². The lowest BCUT2D eigenvalue weighted by molar-refractivity contribution is 0.569. The van der Waals surface area contributed by atoms with Gasteiger partial charge in [-0.2, -0.15) is 0 Å². The maximum absolute atomic E-state index is 5.54. The third-order valence-electron chi connectivity index (χ3n) is 2.23. The van der Waals surface area contributed by atoms with Gasteiger partial charge in [0.2, 0.25) is 0 Å². The van der Waals surface area contributed by atoms with Crippen LogP contribution < -0.4 is 5.32 Å². The van der Waals surface area contributed by atoms with Gasteiger partial charge in [-0.3, -0.25) is 0 Å². The van der Waals surface area contributed by atoms with Gasteiger partial charge in [-0.05, 0) is 13.0 Å². The van der Waals surface area contributed by atoms with Crippen LogP contribution in [0.1, 0.15) is 51.9 Å². The minimum Gasteiger partial charge on any atom is -0.316 e. The highest BCUT2D eigenvalue weighted by molar-refractivity contribution is 6.18.